The lowest BCUT2D eigenvalue weighted by atomic mass is 10.0. The molecule has 0 saturated carbocycles. The molecule has 0 radical (unpaired) electrons. The van der Waals surface area contributed by atoms with Crippen molar-refractivity contribution in [3.63, 3.8) is 0 Å². The van der Waals surface area contributed by atoms with E-state index in [1.54, 1.807) is 12.5 Å². The van der Waals surface area contributed by atoms with E-state index < -0.39 is 0 Å². The van der Waals surface area contributed by atoms with Crippen molar-refractivity contribution in [2.75, 3.05) is 6.54 Å². The summed E-state index contributed by atoms with van der Waals surface area (Å²) in [4.78, 5) is 16.6. The first-order valence-corrected chi connectivity index (χ1v) is 8.36. The fraction of sp³-hybridized carbons (Fsp3) is 0.143. The molecule has 2 aromatic carbocycles. The van der Waals surface area contributed by atoms with Gasteiger partial charge in [-0.2, -0.15) is 0 Å². The minimum Gasteiger partial charge on any atom is -0.464 e. The molecule has 0 saturated heterocycles. The standard InChI is InChI=1S/C21H18N2O2/c24-20(23-12-10-17-6-3-4-11-22-17)13-16-14-25-19-9-8-15-5-1-2-7-18(15)21(16)19/h1-9,11,14H,10,12-13H2,(H,23,24). The molecule has 25 heavy (non-hydrogen) atoms. The number of hydrogen-bond acceptors (Lipinski definition) is 3. The molecule has 2 aromatic heterocycles. The Hall–Kier alpha value is -3.14. The van der Waals surface area contributed by atoms with Gasteiger partial charge in [-0.15, -0.1) is 0 Å². The van der Waals surface area contributed by atoms with Gasteiger partial charge in [-0.1, -0.05) is 36.4 Å². The highest BCUT2D eigenvalue weighted by atomic mass is 16.3. The van der Waals surface area contributed by atoms with E-state index >= 15 is 0 Å². The number of nitrogens with zero attached hydrogens (tertiary/aromatic N) is 1. The Kier molecular flexibility index (Phi) is 4.17. The van der Waals surface area contributed by atoms with Crippen LogP contribution in [0.15, 0.2) is 71.5 Å². The fourth-order valence-corrected chi connectivity index (χ4v) is 3.12. The van der Waals surface area contributed by atoms with E-state index in [4.69, 9.17) is 4.42 Å². The second kappa shape index (κ2) is 6.77. The third-order valence-electron chi connectivity index (χ3n) is 4.32. The van der Waals surface area contributed by atoms with Crippen molar-refractivity contribution >= 4 is 27.6 Å². The largest absolute Gasteiger partial charge is 0.464 e. The minimum absolute atomic E-state index is 0.00781. The van der Waals surface area contributed by atoms with Crippen LogP contribution in [0.2, 0.25) is 0 Å². The molecule has 0 fully saturated rings. The molecule has 0 spiro atoms. The summed E-state index contributed by atoms with van der Waals surface area (Å²) in [6, 6.07) is 17.9. The van der Waals surface area contributed by atoms with Crippen LogP contribution < -0.4 is 5.32 Å². The maximum Gasteiger partial charge on any atom is 0.224 e. The Balaban J connectivity index is 1.49. The first kappa shape index (κ1) is 15.4. The van der Waals surface area contributed by atoms with Crippen LogP contribution in [0.1, 0.15) is 11.3 Å². The van der Waals surface area contributed by atoms with Gasteiger partial charge in [0.05, 0.1) is 12.7 Å². The zero-order chi connectivity index (χ0) is 17.1. The topological polar surface area (TPSA) is 55.1 Å². The Morgan fingerprint density at radius 2 is 1.92 bits per heavy atom. The normalized spacial score (nSPS) is 11.0. The van der Waals surface area contributed by atoms with E-state index in [1.807, 2.05) is 42.5 Å². The maximum absolute atomic E-state index is 12.3. The molecule has 4 rings (SSSR count). The second-order valence-corrected chi connectivity index (χ2v) is 6.02. The molecular weight excluding hydrogens is 312 g/mol. The van der Waals surface area contributed by atoms with Crippen LogP contribution in [-0.4, -0.2) is 17.4 Å². The SMILES string of the molecule is O=C(Cc1coc2ccc3ccccc3c12)NCCc1ccccn1. The maximum atomic E-state index is 12.3. The number of carbonyl (C=O) groups excluding carboxylic acids is 1. The third-order valence-corrected chi connectivity index (χ3v) is 4.32. The Morgan fingerprint density at radius 3 is 2.80 bits per heavy atom. The van der Waals surface area contributed by atoms with Gasteiger partial charge in [0.1, 0.15) is 5.58 Å². The summed E-state index contributed by atoms with van der Waals surface area (Å²) in [5.74, 6) is -0.00781. The molecule has 0 aliphatic heterocycles. The first-order valence-electron chi connectivity index (χ1n) is 8.36. The lowest BCUT2D eigenvalue weighted by Crippen LogP contribution is -2.27. The molecule has 124 valence electrons. The predicted molar refractivity (Wildman–Crippen MR) is 98.4 cm³/mol. The zero-order valence-electron chi connectivity index (χ0n) is 13.7. The highest BCUT2D eigenvalue weighted by molar-refractivity contribution is 6.08. The van der Waals surface area contributed by atoms with Crippen molar-refractivity contribution in [2.24, 2.45) is 0 Å². The molecule has 1 N–H and O–H groups in total. The molecule has 0 bridgehead atoms. The Bertz CT molecular complexity index is 1020. The van der Waals surface area contributed by atoms with Crippen LogP contribution in [0.3, 0.4) is 0 Å². The molecule has 4 nitrogen and oxygen atoms in total. The summed E-state index contributed by atoms with van der Waals surface area (Å²) >= 11 is 0. The summed E-state index contributed by atoms with van der Waals surface area (Å²) in [6.07, 6.45) is 4.49. The van der Waals surface area contributed by atoms with Gasteiger partial charge in [0.2, 0.25) is 5.91 Å². The Morgan fingerprint density at radius 1 is 1.04 bits per heavy atom. The van der Waals surface area contributed by atoms with E-state index in [0.717, 1.165) is 39.4 Å². The van der Waals surface area contributed by atoms with E-state index in [2.05, 4.69) is 22.4 Å². The number of benzene rings is 2. The molecular formula is C21H18N2O2. The molecule has 0 atom stereocenters. The number of nitrogens with one attached hydrogen (secondary N) is 1. The minimum atomic E-state index is -0.00781. The molecule has 0 unspecified atom stereocenters. The second-order valence-electron chi connectivity index (χ2n) is 6.02. The molecule has 4 heteroatoms. The summed E-state index contributed by atoms with van der Waals surface area (Å²) in [5, 5.41) is 6.25. The molecule has 2 heterocycles. The quantitative estimate of drug-likeness (QED) is 0.604. The van der Waals surface area contributed by atoms with Gasteiger partial charge >= 0.3 is 0 Å². The number of rotatable bonds is 5. The van der Waals surface area contributed by atoms with Crippen molar-refractivity contribution in [1.29, 1.82) is 0 Å². The van der Waals surface area contributed by atoms with Gasteiger partial charge < -0.3 is 9.73 Å². The molecule has 0 aliphatic rings. The summed E-state index contributed by atoms with van der Waals surface area (Å²) in [7, 11) is 0. The predicted octanol–water partition coefficient (Wildman–Crippen LogP) is 3.88. The molecule has 1 amide bonds. The van der Waals surface area contributed by atoms with Gasteiger partial charge in [-0.25, -0.2) is 0 Å². The number of furan rings is 1. The van der Waals surface area contributed by atoms with E-state index in [9.17, 15) is 4.79 Å². The van der Waals surface area contributed by atoms with Crippen molar-refractivity contribution in [2.45, 2.75) is 12.8 Å². The molecule has 4 aromatic rings. The number of hydrogen-bond donors (Lipinski definition) is 1. The third kappa shape index (κ3) is 3.24. The lowest BCUT2D eigenvalue weighted by molar-refractivity contribution is -0.120. The number of amides is 1. The highest BCUT2D eigenvalue weighted by Crippen LogP contribution is 2.30. The average molecular weight is 330 g/mol. The van der Waals surface area contributed by atoms with Crippen LogP contribution in [0.5, 0.6) is 0 Å². The highest BCUT2D eigenvalue weighted by Gasteiger charge is 2.13. The monoisotopic (exact) mass is 330 g/mol. The number of aromatic nitrogens is 1. The van der Waals surface area contributed by atoms with E-state index in [0.29, 0.717) is 13.0 Å². The van der Waals surface area contributed by atoms with Crippen molar-refractivity contribution < 1.29 is 9.21 Å². The van der Waals surface area contributed by atoms with E-state index in [-0.39, 0.29) is 5.91 Å². The van der Waals surface area contributed by atoms with Crippen molar-refractivity contribution in [1.82, 2.24) is 10.3 Å². The van der Waals surface area contributed by atoms with Gasteiger partial charge in [-0.05, 0) is 29.0 Å². The van der Waals surface area contributed by atoms with Crippen LogP contribution >= 0.6 is 0 Å². The van der Waals surface area contributed by atoms with Gasteiger partial charge in [0.15, 0.2) is 0 Å². The van der Waals surface area contributed by atoms with Crippen LogP contribution in [0.4, 0.5) is 0 Å². The smallest absolute Gasteiger partial charge is 0.224 e. The van der Waals surface area contributed by atoms with Crippen LogP contribution in [-0.2, 0) is 17.6 Å². The summed E-state index contributed by atoms with van der Waals surface area (Å²) in [6.45, 7) is 0.576. The van der Waals surface area contributed by atoms with Gasteiger partial charge in [0, 0.05) is 35.8 Å². The van der Waals surface area contributed by atoms with Crippen molar-refractivity contribution in [3.05, 3.63) is 78.3 Å². The fourth-order valence-electron chi connectivity index (χ4n) is 3.12. The average Bonchev–Trinajstić information content (AvgIpc) is 3.06. The van der Waals surface area contributed by atoms with Gasteiger partial charge in [-0.3, -0.25) is 9.78 Å². The number of pyridine rings is 1. The summed E-state index contributed by atoms with van der Waals surface area (Å²) < 4.78 is 5.64. The Labute approximate surface area is 145 Å². The van der Waals surface area contributed by atoms with Crippen molar-refractivity contribution in [3.8, 4) is 0 Å². The van der Waals surface area contributed by atoms with E-state index in [1.165, 1.54) is 0 Å². The number of fused-ring (bicyclic) bond motifs is 3. The van der Waals surface area contributed by atoms with Gasteiger partial charge in [0.25, 0.3) is 0 Å². The summed E-state index contributed by atoms with van der Waals surface area (Å²) in [5.41, 5.74) is 2.71. The molecule has 0 aliphatic carbocycles. The van der Waals surface area contributed by atoms with Crippen LogP contribution in [0, 0.1) is 0 Å². The van der Waals surface area contributed by atoms with Crippen LogP contribution in [0.25, 0.3) is 21.7 Å². The lowest BCUT2D eigenvalue weighted by Gasteiger charge is -2.05. The first-order chi connectivity index (χ1) is 12.3. The zero-order valence-corrected chi connectivity index (χ0v) is 13.7. The number of carbonyl (C=O) groups is 1.